The summed E-state index contributed by atoms with van der Waals surface area (Å²) in [5.74, 6) is 0.553. The van der Waals surface area contributed by atoms with Crippen LogP contribution in [0.1, 0.15) is 81.5 Å². The van der Waals surface area contributed by atoms with Crippen molar-refractivity contribution in [2.45, 2.75) is 95.5 Å². The molecule has 46 heavy (non-hydrogen) atoms. The van der Waals surface area contributed by atoms with Crippen LogP contribution >= 0.6 is 0 Å². The lowest BCUT2D eigenvalue weighted by Gasteiger charge is -2.25. The van der Waals surface area contributed by atoms with Crippen LogP contribution in [0.4, 0.5) is 11.6 Å². The molecular weight excluding hydrogens is 606 g/mol. The number of nitrogens with zero attached hydrogens (tertiary/aromatic N) is 4. The van der Waals surface area contributed by atoms with Crippen molar-refractivity contribution in [2.75, 3.05) is 16.7 Å². The van der Waals surface area contributed by atoms with E-state index in [9.17, 15) is 22.8 Å². The van der Waals surface area contributed by atoms with Crippen LogP contribution in [0.15, 0.2) is 56.9 Å². The maximum Gasteiger partial charge on any atom is 0.264 e. The Bertz CT molecular complexity index is 1770. The number of benzene rings is 2. The first-order chi connectivity index (χ1) is 22.0. The molecule has 0 radical (unpaired) electrons. The SMILES string of the molecule is CCCCC1=NC2(CCCC2)C(=O)N1Cc1ccc(-c2ccccc2S(=O)(=O)Nc2onc(C)c2C)c(N(C)C(=O)CCC=O)c1. The van der Waals surface area contributed by atoms with Crippen molar-refractivity contribution < 1.29 is 27.3 Å². The van der Waals surface area contributed by atoms with E-state index in [-0.39, 0.29) is 42.0 Å². The number of hydrogen-bond donors (Lipinski definition) is 1. The number of unbranched alkanes of at least 4 members (excludes halogenated alkanes) is 1. The Morgan fingerprint density at radius 1 is 1.13 bits per heavy atom. The standard InChI is InChI=1S/C34H41N5O6S/c1-5-6-14-30-35-34(18-9-10-19-34)33(42)39(30)22-25-16-17-26(28(21-25)38(4)31(41)15-11-20-40)27-12-7-8-13-29(27)46(43,44)37-32-23(2)24(3)36-45-32/h7-8,12-13,16-17,20-21,37H,5-6,9-11,14-15,18-19,22H2,1-4H3. The number of nitrogens with one attached hydrogen (secondary N) is 1. The zero-order chi connectivity index (χ0) is 33.1. The number of aromatic nitrogens is 1. The van der Waals surface area contributed by atoms with Crippen molar-refractivity contribution in [3.05, 3.63) is 59.3 Å². The van der Waals surface area contributed by atoms with Crippen molar-refractivity contribution in [2.24, 2.45) is 4.99 Å². The molecule has 12 heteroatoms. The van der Waals surface area contributed by atoms with E-state index in [1.165, 1.54) is 11.0 Å². The molecule has 2 amide bonds. The molecule has 1 fully saturated rings. The van der Waals surface area contributed by atoms with Crippen LogP contribution in [0.25, 0.3) is 11.1 Å². The Kier molecular flexibility index (Phi) is 9.76. The average molecular weight is 648 g/mol. The first-order valence-electron chi connectivity index (χ1n) is 15.8. The van der Waals surface area contributed by atoms with Gasteiger partial charge in [-0.3, -0.25) is 19.5 Å². The molecule has 0 unspecified atom stereocenters. The molecule has 5 rings (SSSR count). The molecule has 3 aromatic rings. The molecule has 1 N–H and O–H groups in total. The van der Waals surface area contributed by atoms with Gasteiger partial charge in [0.1, 0.15) is 17.7 Å². The molecule has 2 heterocycles. The molecule has 1 aliphatic carbocycles. The van der Waals surface area contributed by atoms with Crippen LogP contribution in [0, 0.1) is 13.8 Å². The molecule has 0 bridgehead atoms. The van der Waals surface area contributed by atoms with Crippen molar-refractivity contribution in [1.29, 1.82) is 0 Å². The molecule has 0 saturated heterocycles. The second-order valence-electron chi connectivity index (χ2n) is 12.1. The molecule has 2 aromatic carbocycles. The third-order valence-electron chi connectivity index (χ3n) is 8.95. The van der Waals surface area contributed by atoms with Gasteiger partial charge in [0.15, 0.2) is 0 Å². The molecule has 1 aliphatic heterocycles. The monoisotopic (exact) mass is 647 g/mol. The van der Waals surface area contributed by atoms with Gasteiger partial charge >= 0.3 is 0 Å². The minimum atomic E-state index is -4.15. The summed E-state index contributed by atoms with van der Waals surface area (Å²) in [6.45, 7) is 5.82. The van der Waals surface area contributed by atoms with Crippen molar-refractivity contribution >= 4 is 45.5 Å². The topological polar surface area (TPSA) is 142 Å². The molecule has 1 saturated carbocycles. The van der Waals surface area contributed by atoms with Gasteiger partial charge in [0.05, 0.1) is 22.8 Å². The zero-order valence-electron chi connectivity index (χ0n) is 26.8. The number of amides is 2. The van der Waals surface area contributed by atoms with E-state index in [1.807, 2.05) is 12.1 Å². The second-order valence-corrected chi connectivity index (χ2v) is 13.7. The van der Waals surface area contributed by atoms with Crippen LogP contribution < -0.4 is 9.62 Å². The third-order valence-corrected chi connectivity index (χ3v) is 10.3. The van der Waals surface area contributed by atoms with Crippen LogP contribution in [-0.4, -0.2) is 55.0 Å². The van der Waals surface area contributed by atoms with E-state index in [1.54, 1.807) is 50.1 Å². The summed E-state index contributed by atoms with van der Waals surface area (Å²) in [5.41, 5.74) is 2.56. The van der Waals surface area contributed by atoms with Crippen LogP contribution in [-0.2, 0) is 31.0 Å². The summed E-state index contributed by atoms with van der Waals surface area (Å²) in [4.78, 5) is 46.3. The number of aryl methyl sites for hydroxylation is 1. The Labute approximate surface area is 270 Å². The quantitative estimate of drug-likeness (QED) is 0.226. The van der Waals surface area contributed by atoms with Gasteiger partial charge in [-0.25, -0.2) is 13.1 Å². The predicted molar refractivity (Wildman–Crippen MR) is 176 cm³/mol. The fourth-order valence-corrected chi connectivity index (χ4v) is 7.43. The Morgan fingerprint density at radius 2 is 1.87 bits per heavy atom. The van der Waals surface area contributed by atoms with Gasteiger partial charge < -0.3 is 14.2 Å². The van der Waals surface area contributed by atoms with Crippen LogP contribution in [0.3, 0.4) is 0 Å². The largest absolute Gasteiger partial charge is 0.337 e. The van der Waals surface area contributed by atoms with E-state index >= 15 is 0 Å². The lowest BCUT2D eigenvalue weighted by Crippen LogP contribution is -2.40. The van der Waals surface area contributed by atoms with Gasteiger partial charge in [-0.2, -0.15) is 0 Å². The zero-order valence-corrected chi connectivity index (χ0v) is 27.7. The lowest BCUT2D eigenvalue weighted by atomic mass is 9.97. The fourth-order valence-electron chi connectivity index (χ4n) is 6.16. The van der Waals surface area contributed by atoms with Gasteiger partial charge in [0.25, 0.3) is 15.9 Å². The number of rotatable bonds is 13. The molecule has 2 aliphatic rings. The van der Waals surface area contributed by atoms with Crippen molar-refractivity contribution in [1.82, 2.24) is 10.1 Å². The van der Waals surface area contributed by atoms with Crippen molar-refractivity contribution in [3.8, 4) is 11.1 Å². The molecular formula is C34H41N5O6S. The number of sulfonamides is 1. The predicted octanol–water partition coefficient (Wildman–Crippen LogP) is 5.94. The second kappa shape index (κ2) is 13.6. The Morgan fingerprint density at radius 3 is 2.54 bits per heavy atom. The maximum absolute atomic E-state index is 13.8. The lowest BCUT2D eigenvalue weighted by molar-refractivity contribution is -0.131. The van der Waals surface area contributed by atoms with E-state index in [0.717, 1.165) is 49.9 Å². The Hall–Kier alpha value is -4.32. The van der Waals surface area contributed by atoms with Crippen LogP contribution in [0.5, 0.6) is 0 Å². The van der Waals surface area contributed by atoms with Crippen molar-refractivity contribution in [3.63, 3.8) is 0 Å². The summed E-state index contributed by atoms with van der Waals surface area (Å²) >= 11 is 0. The average Bonchev–Trinajstić information content (AvgIpc) is 3.73. The van der Waals surface area contributed by atoms with Gasteiger partial charge in [0, 0.05) is 43.0 Å². The highest BCUT2D eigenvalue weighted by molar-refractivity contribution is 7.92. The molecule has 0 atom stereocenters. The number of carbonyl (C=O) groups is 3. The third kappa shape index (κ3) is 6.48. The molecule has 11 nitrogen and oxygen atoms in total. The highest BCUT2D eigenvalue weighted by Crippen LogP contribution is 2.41. The number of aldehydes is 1. The van der Waals surface area contributed by atoms with Gasteiger partial charge in [-0.05, 0) is 50.8 Å². The number of amidine groups is 1. The number of hydrogen-bond acceptors (Lipinski definition) is 8. The van der Waals surface area contributed by atoms with E-state index in [4.69, 9.17) is 9.52 Å². The summed E-state index contributed by atoms with van der Waals surface area (Å²) in [6.07, 6.45) is 6.82. The smallest absolute Gasteiger partial charge is 0.264 e. The molecule has 1 aromatic heterocycles. The van der Waals surface area contributed by atoms with E-state index in [0.29, 0.717) is 40.8 Å². The normalized spacial score (nSPS) is 15.8. The number of anilines is 2. The minimum absolute atomic E-state index is 0.00373. The first-order valence-corrected chi connectivity index (χ1v) is 17.3. The maximum atomic E-state index is 13.8. The fraction of sp³-hybridized carbons (Fsp3) is 0.441. The van der Waals surface area contributed by atoms with Gasteiger partial charge in [0.2, 0.25) is 11.8 Å². The van der Waals surface area contributed by atoms with Crippen LogP contribution in [0.2, 0.25) is 0 Å². The summed E-state index contributed by atoms with van der Waals surface area (Å²) in [6, 6.07) is 12.0. The first kappa shape index (κ1) is 33.1. The minimum Gasteiger partial charge on any atom is -0.337 e. The highest BCUT2D eigenvalue weighted by Gasteiger charge is 2.49. The Balaban J connectivity index is 1.56. The van der Waals surface area contributed by atoms with E-state index in [2.05, 4.69) is 16.8 Å². The molecule has 1 spiro atoms. The number of carbonyl (C=O) groups excluding carboxylic acids is 3. The summed E-state index contributed by atoms with van der Waals surface area (Å²) in [5, 5.41) is 3.85. The summed E-state index contributed by atoms with van der Waals surface area (Å²) < 4.78 is 35.2. The highest BCUT2D eigenvalue weighted by atomic mass is 32.2. The molecule has 244 valence electrons. The van der Waals surface area contributed by atoms with Gasteiger partial charge in [-0.15, -0.1) is 0 Å². The van der Waals surface area contributed by atoms with E-state index < -0.39 is 15.6 Å². The summed E-state index contributed by atoms with van der Waals surface area (Å²) in [7, 11) is -2.54. The number of aliphatic imine (C=N–C) groups is 1. The van der Waals surface area contributed by atoms with Gasteiger partial charge in [-0.1, -0.05) is 61.7 Å².